The van der Waals surface area contributed by atoms with Gasteiger partial charge in [0, 0.05) is 26.2 Å². The normalized spacial score (nSPS) is 27.0. The lowest BCUT2D eigenvalue weighted by molar-refractivity contribution is -0.0732. The minimum atomic E-state index is 0.366. The summed E-state index contributed by atoms with van der Waals surface area (Å²) in [6.45, 7) is 11.1. The van der Waals surface area contributed by atoms with E-state index in [9.17, 15) is 0 Å². The third kappa shape index (κ3) is 4.80. The molecule has 0 spiro atoms. The van der Waals surface area contributed by atoms with Gasteiger partial charge in [0.2, 0.25) is 0 Å². The maximum Gasteiger partial charge on any atom is 0.0991 e. The van der Waals surface area contributed by atoms with Gasteiger partial charge in [-0.1, -0.05) is 12.1 Å². The van der Waals surface area contributed by atoms with Crippen LogP contribution in [0.4, 0.5) is 0 Å². The SMILES string of the molecule is C[C@H]1CN(CC2CCN(Cc3ccc(C#N)cc3)CC2)C[C@H](C)O1. The van der Waals surface area contributed by atoms with E-state index in [0.717, 1.165) is 31.1 Å². The molecule has 0 saturated carbocycles. The zero-order valence-corrected chi connectivity index (χ0v) is 14.9. The number of piperidine rings is 1. The van der Waals surface area contributed by atoms with Gasteiger partial charge in [-0.05, 0) is 63.4 Å². The van der Waals surface area contributed by atoms with E-state index in [1.54, 1.807) is 0 Å². The van der Waals surface area contributed by atoms with Crippen LogP contribution in [0.2, 0.25) is 0 Å². The zero-order valence-electron chi connectivity index (χ0n) is 14.9. The van der Waals surface area contributed by atoms with Crippen LogP contribution < -0.4 is 0 Å². The molecule has 2 saturated heterocycles. The first-order valence-corrected chi connectivity index (χ1v) is 9.21. The molecule has 1 aromatic rings. The fourth-order valence-electron chi connectivity index (χ4n) is 4.07. The smallest absolute Gasteiger partial charge is 0.0991 e. The lowest BCUT2D eigenvalue weighted by atomic mass is 9.95. The fraction of sp³-hybridized carbons (Fsp3) is 0.650. The number of rotatable bonds is 4. The van der Waals surface area contributed by atoms with Crippen LogP contribution in [0.3, 0.4) is 0 Å². The van der Waals surface area contributed by atoms with E-state index in [2.05, 4.69) is 41.8 Å². The summed E-state index contributed by atoms with van der Waals surface area (Å²) < 4.78 is 5.84. The number of hydrogen-bond donors (Lipinski definition) is 0. The minimum absolute atomic E-state index is 0.366. The molecule has 0 N–H and O–H groups in total. The van der Waals surface area contributed by atoms with Crippen LogP contribution in [0.15, 0.2) is 24.3 Å². The molecule has 3 rings (SSSR count). The monoisotopic (exact) mass is 327 g/mol. The Balaban J connectivity index is 1.43. The number of ether oxygens (including phenoxy) is 1. The number of benzene rings is 1. The fourth-order valence-corrected chi connectivity index (χ4v) is 4.07. The van der Waals surface area contributed by atoms with Gasteiger partial charge >= 0.3 is 0 Å². The van der Waals surface area contributed by atoms with Crippen LogP contribution in [0.25, 0.3) is 0 Å². The predicted octanol–water partition coefficient (Wildman–Crippen LogP) is 2.88. The highest BCUT2D eigenvalue weighted by Crippen LogP contribution is 2.22. The van der Waals surface area contributed by atoms with Crippen LogP contribution in [-0.2, 0) is 11.3 Å². The van der Waals surface area contributed by atoms with Gasteiger partial charge in [-0.15, -0.1) is 0 Å². The van der Waals surface area contributed by atoms with Crippen molar-refractivity contribution in [2.24, 2.45) is 5.92 Å². The first kappa shape index (κ1) is 17.4. The Bertz CT molecular complexity index is 547. The second-order valence-corrected chi connectivity index (χ2v) is 7.50. The number of nitrogens with zero attached hydrogens (tertiary/aromatic N) is 3. The van der Waals surface area contributed by atoms with E-state index >= 15 is 0 Å². The standard InChI is InChI=1S/C20H29N3O/c1-16-12-23(13-17(2)24-16)15-20-7-9-22(10-8-20)14-19-5-3-18(11-21)4-6-19/h3-6,16-17,20H,7-10,12-15H2,1-2H3/t16-,17-/m0/s1. The third-order valence-corrected chi connectivity index (χ3v) is 5.21. The highest BCUT2D eigenvalue weighted by atomic mass is 16.5. The van der Waals surface area contributed by atoms with Crippen molar-refractivity contribution in [3.8, 4) is 6.07 Å². The molecule has 0 amide bonds. The Morgan fingerprint density at radius 3 is 2.25 bits per heavy atom. The summed E-state index contributed by atoms with van der Waals surface area (Å²) in [5.41, 5.74) is 2.05. The minimum Gasteiger partial charge on any atom is -0.373 e. The molecule has 0 aliphatic carbocycles. The number of likely N-dealkylation sites (tertiary alicyclic amines) is 1. The van der Waals surface area contributed by atoms with Gasteiger partial charge in [0.05, 0.1) is 23.8 Å². The maximum absolute atomic E-state index is 8.87. The molecular formula is C20H29N3O. The van der Waals surface area contributed by atoms with Gasteiger partial charge in [0.25, 0.3) is 0 Å². The summed E-state index contributed by atoms with van der Waals surface area (Å²) in [5, 5.41) is 8.87. The molecule has 2 atom stereocenters. The molecular weight excluding hydrogens is 298 g/mol. The van der Waals surface area contributed by atoms with Crippen molar-refractivity contribution in [2.45, 2.75) is 45.4 Å². The summed E-state index contributed by atoms with van der Waals surface area (Å²) in [5.74, 6) is 0.819. The lowest BCUT2D eigenvalue weighted by Gasteiger charge is -2.39. The lowest BCUT2D eigenvalue weighted by Crippen LogP contribution is -2.48. The van der Waals surface area contributed by atoms with Gasteiger partial charge < -0.3 is 4.74 Å². The Hall–Kier alpha value is -1.41. The topological polar surface area (TPSA) is 39.5 Å². The van der Waals surface area contributed by atoms with Gasteiger partial charge in [0.15, 0.2) is 0 Å². The van der Waals surface area contributed by atoms with Crippen LogP contribution in [-0.4, -0.2) is 54.7 Å². The molecule has 1 aromatic carbocycles. The van der Waals surface area contributed by atoms with Gasteiger partial charge in [-0.25, -0.2) is 0 Å². The molecule has 0 aromatic heterocycles. The number of morpholine rings is 1. The molecule has 0 radical (unpaired) electrons. The van der Waals surface area contributed by atoms with E-state index in [-0.39, 0.29) is 0 Å². The van der Waals surface area contributed by atoms with E-state index < -0.39 is 0 Å². The largest absolute Gasteiger partial charge is 0.373 e. The molecule has 2 heterocycles. The predicted molar refractivity (Wildman–Crippen MR) is 95.6 cm³/mol. The van der Waals surface area contributed by atoms with Crippen LogP contribution in [0.5, 0.6) is 0 Å². The highest BCUT2D eigenvalue weighted by molar-refractivity contribution is 5.31. The summed E-state index contributed by atoms with van der Waals surface area (Å²) in [6.07, 6.45) is 3.31. The summed E-state index contributed by atoms with van der Waals surface area (Å²) in [4.78, 5) is 5.14. The molecule has 4 nitrogen and oxygen atoms in total. The zero-order chi connectivity index (χ0) is 16.9. The van der Waals surface area contributed by atoms with E-state index in [1.165, 1.54) is 38.0 Å². The van der Waals surface area contributed by atoms with Crippen molar-refractivity contribution >= 4 is 0 Å². The Morgan fingerprint density at radius 2 is 1.67 bits per heavy atom. The van der Waals surface area contributed by atoms with Gasteiger partial charge in [0.1, 0.15) is 0 Å². The van der Waals surface area contributed by atoms with Crippen molar-refractivity contribution in [2.75, 3.05) is 32.7 Å². The van der Waals surface area contributed by atoms with Crippen molar-refractivity contribution in [1.29, 1.82) is 5.26 Å². The summed E-state index contributed by atoms with van der Waals surface area (Å²) >= 11 is 0. The Kier molecular flexibility index (Phi) is 5.89. The molecule has 2 aliphatic heterocycles. The maximum atomic E-state index is 8.87. The van der Waals surface area contributed by atoms with Crippen molar-refractivity contribution in [3.63, 3.8) is 0 Å². The molecule has 2 aliphatic rings. The molecule has 2 fully saturated rings. The second kappa shape index (κ2) is 8.11. The molecule has 0 bridgehead atoms. The molecule has 24 heavy (non-hydrogen) atoms. The Labute approximate surface area is 146 Å². The van der Waals surface area contributed by atoms with Crippen LogP contribution in [0.1, 0.15) is 37.8 Å². The number of nitriles is 1. The van der Waals surface area contributed by atoms with Gasteiger partial charge in [-0.3, -0.25) is 9.80 Å². The van der Waals surface area contributed by atoms with Crippen LogP contribution in [0, 0.1) is 17.2 Å². The van der Waals surface area contributed by atoms with Crippen LogP contribution >= 0.6 is 0 Å². The quantitative estimate of drug-likeness (QED) is 0.852. The molecule has 130 valence electrons. The molecule has 4 heteroatoms. The highest BCUT2D eigenvalue weighted by Gasteiger charge is 2.26. The van der Waals surface area contributed by atoms with Crippen molar-refractivity contribution in [1.82, 2.24) is 9.80 Å². The first-order chi connectivity index (χ1) is 11.6. The Morgan fingerprint density at radius 1 is 1.04 bits per heavy atom. The first-order valence-electron chi connectivity index (χ1n) is 9.21. The average molecular weight is 327 g/mol. The molecule has 0 unspecified atom stereocenters. The van der Waals surface area contributed by atoms with Crippen molar-refractivity contribution in [3.05, 3.63) is 35.4 Å². The third-order valence-electron chi connectivity index (χ3n) is 5.21. The second-order valence-electron chi connectivity index (χ2n) is 7.50. The van der Waals surface area contributed by atoms with Gasteiger partial charge in [-0.2, -0.15) is 5.26 Å². The summed E-state index contributed by atoms with van der Waals surface area (Å²) in [7, 11) is 0. The summed E-state index contributed by atoms with van der Waals surface area (Å²) in [6, 6.07) is 10.2. The number of hydrogen-bond acceptors (Lipinski definition) is 4. The van der Waals surface area contributed by atoms with E-state index in [1.807, 2.05) is 12.1 Å². The van der Waals surface area contributed by atoms with Crippen molar-refractivity contribution < 1.29 is 4.74 Å². The van der Waals surface area contributed by atoms with E-state index in [4.69, 9.17) is 10.00 Å². The average Bonchev–Trinajstić information content (AvgIpc) is 2.56. The van der Waals surface area contributed by atoms with E-state index in [0.29, 0.717) is 12.2 Å².